The summed E-state index contributed by atoms with van der Waals surface area (Å²) in [6, 6.07) is 7.23. The van der Waals surface area contributed by atoms with E-state index in [1.54, 1.807) is 12.3 Å². The number of aryl methyl sites for hydroxylation is 1. The van der Waals surface area contributed by atoms with Crippen molar-refractivity contribution in [2.75, 3.05) is 5.32 Å². The number of hydrogen-bond donors (Lipinski definition) is 2. The molecule has 0 unspecified atom stereocenters. The third-order valence-electron chi connectivity index (χ3n) is 2.97. The fourth-order valence-corrected chi connectivity index (χ4v) is 2.27. The summed E-state index contributed by atoms with van der Waals surface area (Å²) in [5.41, 5.74) is 2.94. The van der Waals surface area contributed by atoms with Crippen LogP contribution >= 0.6 is 15.9 Å². The molecule has 2 aromatic heterocycles. The van der Waals surface area contributed by atoms with Crippen molar-refractivity contribution in [3.05, 3.63) is 52.6 Å². The average Bonchev–Trinajstić information content (AvgIpc) is 3.12. The highest BCUT2D eigenvalue weighted by Crippen LogP contribution is 2.23. The Balaban J connectivity index is 1.82. The topological polar surface area (TPSA) is 83.8 Å². The lowest BCUT2D eigenvalue weighted by Crippen LogP contribution is -2.13. The van der Waals surface area contributed by atoms with Gasteiger partial charge in [0, 0.05) is 21.9 Å². The van der Waals surface area contributed by atoms with E-state index in [9.17, 15) is 4.79 Å². The van der Waals surface area contributed by atoms with Gasteiger partial charge in [0.15, 0.2) is 0 Å². The van der Waals surface area contributed by atoms with Crippen molar-refractivity contribution in [1.29, 1.82) is 0 Å². The fraction of sp³-hybridized carbons (Fsp3) is 0.0714. The molecule has 3 aromatic rings. The maximum absolute atomic E-state index is 12.1. The molecule has 6 nitrogen and oxygen atoms in total. The molecule has 0 aliphatic carbocycles. The molecule has 0 atom stereocenters. The van der Waals surface area contributed by atoms with E-state index in [-0.39, 0.29) is 5.91 Å². The van der Waals surface area contributed by atoms with Crippen LogP contribution in [0.4, 0.5) is 5.69 Å². The first-order valence-electron chi connectivity index (χ1n) is 6.16. The Morgan fingerprint density at radius 2 is 2.24 bits per heavy atom. The van der Waals surface area contributed by atoms with Gasteiger partial charge in [0.05, 0.1) is 0 Å². The monoisotopic (exact) mass is 346 g/mol. The standard InChI is InChI=1S/C14H11BrN4O2/c1-8-4-9(14-19-17-7-21-14)2-3-11(8)18-13(20)12-5-10(15)6-16-12/h2-7,16H,1H3,(H,18,20). The van der Waals surface area contributed by atoms with Crippen LogP contribution in [0.15, 0.2) is 45.7 Å². The molecule has 2 N–H and O–H groups in total. The van der Waals surface area contributed by atoms with Gasteiger partial charge >= 0.3 is 0 Å². The quantitative estimate of drug-likeness (QED) is 0.761. The van der Waals surface area contributed by atoms with Gasteiger partial charge in [-0.05, 0) is 52.7 Å². The van der Waals surface area contributed by atoms with Gasteiger partial charge in [0.25, 0.3) is 5.91 Å². The molecule has 0 aliphatic rings. The molecule has 0 fully saturated rings. The zero-order valence-electron chi connectivity index (χ0n) is 11.1. The first-order chi connectivity index (χ1) is 10.1. The lowest BCUT2D eigenvalue weighted by Gasteiger charge is -2.08. The third-order valence-corrected chi connectivity index (χ3v) is 3.43. The van der Waals surface area contributed by atoms with E-state index in [1.165, 1.54) is 6.39 Å². The molecule has 1 amide bonds. The predicted octanol–water partition coefficient (Wildman–Crippen LogP) is 3.39. The number of carbonyl (C=O) groups excluding carboxylic acids is 1. The minimum Gasteiger partial charge on any atom is -0.423 e. The van der Waals surface area contributed by atoms with E-state index in [0.717, 1.165) is 21.3 Å². The zero-order valence-corrected chi connectivity index (χ0v) is 12.6. The van der Waals surface area contributed by atoms with E-state index in [4.69, 9.17) is 4.42 Å². The van der Waals surface area contributed by atoms with Crippen molar-refractivity contribution in [2.45, 2.75) is 6.92 Å². The summed E-state index contributed by atoms with van der Waals surface area (Å²) in [4.78, 5) is 15.0. The number of aromatic amines is 1. The Labute approximate surface area is 128 Å². The van der Waals surface area contributed by atoms with E-state index >= 15 is 0 Å². The second-order valence-corrected chi connectivity index (χ2v) is 5.37. The lowest BCUT2D eigenvalue weighted by molar-refractivity contribution is 0.102. The highest BCUT2D eigenvalue weighted by Gasteiger charge is 2.11. The minimum atomic E-state index is -0.200. The van der Waals surface area contributed by atoms with Crippen LogP contribution < -0.4 is 5.32 Å². The number of benzene rings is 1. The molecule has 2 heterocycles. The van der Waals surface area contributed by atoms with Gasteiger partial charge in [-0.15, -0.1) is 10.2 Å². The molecule has 0 aliphatic heterocycles. The van der Waals surface area contributed by atoms with E-state index in [1.807, 2.05) is 25.1 Å². The van der Waals surface area contributed by atoms with Crippen LogP contribution in [0.25, 0.3) is 11.5 Å². The Hall–Kier alpha value is -2.41. The number of halogens is 1. The van der Waals surface area contributed by atoms with Gasteiger partial charge in [-0.25, -0.2) is 0 Å². The number of aromatic nitrogens is 3. The highest BCUT2D eigenvalue weighted by atomic mass is 79.9. The SMILES string of the molecule is Cc1cc(-c2nnco2)ccc1NC(=O)c1cc(Br)c[nH]1. The molecular formula is C14H11BrN4O2. The van der Waals surface area contributed by atoms with Crippen LogP contribution in [-0.4, -0.2) is 21.1 Å². The van der Waals surface area contributed by atoms with Gasteiger partial charge in [-0.2, -0.15) is 0 Å². The maximum atomic E-state index is 12.1. The predicted molar refractivity (Wildman–Crippen MR) is 80.9 cm³/mol. The molecule has 0 saturated heterocycles. The normalized spacial score (nSPS) is 10.6. The van der Waals surface area contributed by atoms with Crippen LogP contribution in [0.3, 0.4) is 0 Å². The number of hydrogen-bond acceptors (Lipinski definition) is 4. The zero-order chi connectivity index (χ0) is 14.8. The van der Waals surface area contributed by atoms with Gasteiger partial charge in [0.2, 0.25) is 12.3 Å². The van der Waals surface area contributed by atoms with Crippen molar-refractivity contribution < 1.29 is 9.21 Å². The lowest BCUT2D eigenvalue weighted by atomic mass is 10.1. The first kappa shape index (κ1) is 13.6. The Kier molecular flexibility index (Phi) is 3.57. The average molecular weight is 347 g/mol. The largest absolute Gasteiger partial charge is 0.423 e. The van der Waals surface area contributed by atoms with Crippen LogP contribution in [-0.2, 0) is 0 Å². The van der Waals surface area contributed by atoms with E-state index < -0.39 is 0 Å². The molecule has 0 radical (unpaired) electrons. The molecule has 0 bridgehead atoms. The Morgan fingerprint density at radius 3 is 2.86 bits per heavy atom. The van der Waals surface area contributed by atoms with E-state index in [2.05, 4.69) is 36.4 Å². The summed E-state index contributed by atoms with van der Waals surface area (Å²) in [5, 5.41) is 10.4. The van der Waals surface area contributed by atoms with Crippen LogP contribution in [0, 0.1) is 6.92 Å². The highest BCUT2D eigenvalue weighted by molar-refractivity contribution is 9.10. The molecule has 106 valence electrons. The summed E-state index contributed by atoms with van der Waals surface area (Å²) < 4.78 is 5.98. The van der Waals surface area contributed by atoms with E-state index in [0.29, 0.717) is 11.6 Å². The third kappa shape index (κ3) is 2.87. The number of anilines is 1. The fourth-order valence-electron chi connectivity index (χ4n) is 1.92. The number of amides is 1. The van der Waals surface area contributed by atoms with Crippen LogP contribution in [0.1, 0.15) is 16.1 Å². The van der Waals surface area contributed by atoms with Gasteiger partial charge in [-0.3, -0.25) is 4.79 Å². The summed E-state index contributed by atoms with van der Waals surface area (Å²) in [6.07, 6.45) is 2.99. The summed E-state index contributed by atoms with van der Waals surface area (Å²) in [6.45, 7) is 1.90. The molecule has 0 spiro atoms. The van der Waals surface area contributed by atoms with Gasteiger partial charge < -0.3 is 14.7 Å². The summed E-state index contributed by atoms with van der Waals surface area (Å²) in [7, 11) is 0. The van der Waals surface area contributed by atoms with Crippen molar-refractivity contribution >= 4 is 27.5 Å². The van der Waals surface area contributed by atoms with Crippen LogP contribution in [0.2, 0.25) is 0 Å². The number of H-pyrrole nitrogens is 1. The molecule has 7 heteroatoms. The smallest absolute Gasteiger partial charge is 0.272 e. The van der Waals surface area contributed by atoms with Crippen LogP contribution in [0.5, 0.6) is 0 Å². The molecule has 0 saturated carbocycles. The first-order valence-corrected chi connectivity index (χ1v) is 6.95. The second kappa shape index (κ2) is 5.53. The minimum absolute atomic E-state index is 0.200. The number of carbonyl (C=O) groups is 1. The maximum Gasteiger partial charge on any atom is 0.272 e. The number of rotatable bonds is 3. The van der Waals surface area contributed by atoms with Crippen molar-refractivity contribution in [3.63, 3.8) is 0 Å². The number of nitrogens with one attached hydrogen (secondary N) is 2. The Morgan fingerprint density at radius 1 is 1.38 bits per heavy atom. The Bertz CT molecular complexity index is 780. The molecule has 1 aromatic carbocycles. The summed E-state index contributed by atoms with van der Waals surface area (Å²) >= 11 is 3.30. The second-order valence-electron chi connectivity index (χ2n) is 4.46. The molecular weight excluding hydrogens is 336 g/mol. The molecule has 21 heavy (non-hydrogen) atoms. The summed E-state index contributed by atoms with van der Waals surface area (Å²) in [5.74, 6) is 0.249. The van der Waals surface area contributed by atoms with Gasteiger partial charge in [-0.1, -0.05) is 0 Å². The van der Waals surface area contributed by atoms with Crippen molar-refractivity contribution in [2.24, 2.45) is 0 Å². The number of nitrogens with zero attached hydrogens (tertiary/aromatic N) is 2. The molecule has 3 rings (SSSR count). The van der Waals surface area contributed by atoms with Crippen molar-refractivity contribution in [1.82, 2.24) is 15.2 Å². The van der Waals surface area contributed by atoms with Crippen molar-refractivity contribution in [3.8, 4) is 11.5 Å². The van der Waals surface area contributed by atoms with Gasteiger partial charge in [0.1, 0.15) is 5.69 Å².